The Balaban J connectivity index is 1.78. The van der Waals surface area contributed by atoms with Crippen molar-refractivity contribution in [2.75, 3.05) is 0 Å². The van der Waals surface area contributed by atoms with Crippen LogP contribution in [0.1, 0.15) is 33.1 Å². The molecule has 0 radical (unpaired) electrons. The highest BCUT2D eigenvalue weighted by Gasteiger charge is 2.48. The third-order valence-corrected chi connectivity index (χ3v) is 4.28. The van der Waals surface area contributed by atoms with Gasteiger partial charge in [-0.25, -0.2) is 4.79 Å². The van der Waals surface area contributed by atoms with E-state index in [2.05, 4.69) is 0 Å². The molecule has 0 aromatic carbocycles. The van der Waals surface area contributed by atoms with E-state index in [0.717, 1.165) is 19.3 Å². The van der Waals surface area contributed by atoms with E-state index in [-0.39, 0.29) is 23.8 Å². The molecule has 2 fully saturated rings. The van der Waals surface area contributed by atoms with Crippen molar-refractivity contribution < 1.29 is 23.9 Å². The maximum Gasteiger partial charge on any atom is 0.336 e. The number of rotatable bonds is 2. The molecule has 6 nitrogen and oxygen atoms in total. The number of likely N-dealkylation sites (tertiary alicyclic amines) is 1. The fourth-order valence-electron chi connectivity index (χ4n) is 3.29. The van der Waals surface area contributed by atoms with Gasteiger partial charge < -0.3 is 9.47 Å². The van der Waals surface area contributed by atoms with Crippen molar-refractivity contribution in [2.45, 2.75) is 45.4 Å². The number of ether oxygens (including phenoxy) is 2. The molecule has 6 heteroatoms. The van der Waals surface area contributed by atoms with Gasteiger partial charge in [-0.3, -0.25) is 14.5 Å². The van der Waals surface area contributed by atoms with Crippen molar-refractivity contribution in [3.05, 3.63) is 23.5 Å². The molecule has 2 amide bonds. The van der Waals surface area contributed by atoms with Gasteiger partial charge in [-0.1, -0.05) is 6.42 Å². The Kier molecular flexibility index (Phi) is 3.31. The molecule has 1 aliphatic carbocycles. The second-order valence-electron chi connectivity index (χ2n) is 5.63. The summed E-state index contributed by atoms with van der Waals surface area (Å²) in [6.45, 7) is 3.05. The molecule has 3 rings (SSSR count). The number of carbonyl (C=O) groups is 3. The maximum atomic E-state index is 12.3. The van der Waals surface area contributed by atoms with Crippen LogP contribution in [-0.4, -0.2) is 35.0 Å². The Morgan fingerprint density at radius 1 is 1.43 bits per heavy atom. The Bertz CT molecular complexity index is 577. The summed E-state index contributed by atoms with van der Waals surface area (Å²) in [5.41, 5.74) is 0.988. The van der Waals surface area contributed by atoms with E-state index < -0.39 is 12.3 Å². The summed E-state index contributed by atoms with van der Waals surface area (Å²) >= 11 is 0. The van der Waals surface area contributed by atoms with Gasteiger partial charge in [-0.05, 0) is 19.8 Å². The van der Waals surface area contributed by atoms with Crippen LogP contribution < -0.4 is 0 Å². The number of cyclic esters (lactones) is 1. The summed E-state index contributed by atoms with van der Waals surface area (Å²) < 4.78 is 10.4. The summed E-state index contributed by atoms with van der Waals surface area (Å²) in [5, 5.41) is 0. The summed E-state index contributed by atoms with van der Waals surface area (Å²) in [5.74, 6) is -0.908. The van der Waals surface area contributed by atoms with Gasteiger partial charge in [0.05, 0.1) is 11.8 Å². The molecule has 21 heavy (non-hydrogen) atoms. The molecule has 2 aliphatic heterocycles. The molecule has 3 aliphatic rings. The predicted molar refractivity (Wildman–Crippen MR) is 71.5 cm³/mol. The first-order valence-corrected chi connectivity index (χ1v) is 7.08. The average Bonchev–Trinajstić information content (AvgIpc) is 3.04. The largest absolute Gasteiger partial charge is 0.458 e. The van der Waals surface area contributed by atoms with Crippen molar-refractivity contribution in [3.63, 3.8) is 0 Å². The zero-order valence-electron chi connectivity index (χ0n) is 12.0. The fraction of sp³-hybridized carbons (Fsp3) is 0.533. The van der Waals surface area contributed by atoms with E-state index in [1.807, 2.05) is 0 Å². The van der Waals surface area contributed by atoms with Gasteiger partial charge in [-0.15, -0.1) is 0 Å². The molecule has 0 aromatic rings. The first-order valence-electron chi connectivity index (χ1n) is 7.08. The van der Waals surface area contributed by atoms with Crippen LogP contribution in [0.15, 0.2) is 23.5 Å². The summed E-state index contributed by atoms with van der Waals surface area (Å²) in [6, 6.07) is -0.0479. The molecule has 1 unspecified atom stereocenters. The lowest BCUT2D eigenvalue weighted by Gasteiger charge is -2.19. The van der Waals surface area contributed by atoms with Crippen LogP contribution in [0.25, 0.3) is 0 Å². The zero-order chi connectivity index (χ0) is 15.1. The lowest BCUT2D eigenvalue weighted by Crippen LogP contribution is -2.37. The van der Waals surface area contributed by atoms with Gasteiger partial charge in [0.1, 0.15) is 0 Å². The first-order chi connectivity index (χ1) is 9.99. The lowest BCUT2D eigenvalue weighted by molar-refractivity contribution is -0.152. The van der Waals surface area contributed by atoms with Crippen molar-refractivity contribution in [1.82, 2.24) is 4.90 Å². The van der Waals surface area contributed by atoms with Gasteiger partial charge in [0.15, 0.2) is 0 Å². The second kappa shape index (κ2) is 5.02. The minimum absolute atomic E-state index is 0.0311. The van der Waals surface area contributed by atoms with Gasteiger partial charge >= 0.3 is 5.97 Å². The van der Waals surface area contributed by atoms with Crippen LogP contribution in [0.3, 0.4) is 0 Å². The van der Waals surface area contributed by atoms with Crippen molar-refractivity contribution in [3.8, 4) is 0 Å². The molecular formula is C15H17NO5. The van der Waals surface area contributed by atoms with Crippen LogP contribution in [0.5, 0.6) is 0 Å². The predicted octanol–water partition coefficient (Wildman–Crippen LogP) is 1.27. The Labute approximate surface area is 122 Å². The Morgan fingerprint density at radius 2 is 2.19 bits per heavy atom. The highest BCUT2D eigenvalue weighted by atomic mass is 16.7. The number of amides is 2. The zero-order valence-corrected chi connectivity index (χ0v) is 12.0. The summed E-state index contributed by atoms with van der Waals surface area (Å²) in [4.78, 5) is 36.6. The van der Waals surface area contributed by atoms with Gasteiger partial charge in [0.2, 0.25) is 5.91 Å². The van der Waals surface area contributed by atoms with E-state index in [0.29, 0.717) is 11.1 Å². The molecule has 1 saturated heterocycles. The number of hydrogen-bond donors (Lipinski definition) is 0. The maximum absolute atomic E-state index is 12.3. The second-order valence-corrected chi connectivity index (χ2v) is 5.63. The molecular weight excluding hydrogens is 274 g/mol. The standard InChI is InChI=1S/C15H17NO5/c1-8-6-13(21-15(8)19)20-7-11-10-4-3-5-12(10)16(9(2)17)14(11)18/h6-7,10,12-13H,3-5H2,1-2H3/b11-7+/t10-,12-,13?/m1/s1. The van der Waals surface area contributed by atoms with Gasteiger partial charge in [-0.2, -0.15) is 0 Å². The molecule has 0 N–H and O–H groups in total. The van der Waals surface area contributed by atoms with Crippen LogP contribution in [0.4, 0.5) is 0 Å². The number of fused-ring (bicyclic) bond motifs is 1. The highest BCUT2D eigenvalue weighted by molar-refractivity contribution is 6.06. The highest BCUT2D eigenvalue weighted by Crippen LogP contribution is 2.42. The molecule has 0 aromatic heterocycles. The molecule has 3 atom stereocenters. The number of esters is 1. The van der Waals surface area contributed by atoms with Crippen LogP contribution >= 0.6 is 0 Å². The summed E-state index contributed by atoms with van der Waals surface area (Å²) in [7, 11) is 0. The Morgan fingerprint density at radius 3 is 2.81 bits per heavy atom. The van der Waals surface area contributed by atoms with Crippen LogP contribution in [0.2, 0.25) is 0 Å². The van der Waals surface area contributed by atoms with E-state index in [4.69, 9.17) is 9.47 Å². The summed E-state index contributed by atoms with van der Waals surface area (Å²) in [6.07, 6.45) is 4.83. The van der Waals surface area contributed by atoms with Crippen molar-refractivity contribution in [2.24, 2.45) is 5.92 Å². The Hall–Kier alpha value is -2.11. The monoisotopic (exact) mass is 291 g/mol. The number of carbonyl (C=O) groups excluding carboxylic acids is 3. The van der Waals surface area contributed by atoms with Gasteiger partial charge in [0.25, 0.3) is 12.2 Å². The number of imide groups is 1. The van der Waals surface area contributed by atoms with E-state index in [1.165, 1.54) is 18.1 Å². The first kappa shape index (κ1) is 13.9. The van der Waals surface area contributed by atoms with E-state index >= 15 is 0 Å². The number of nitrogens with zero attached hydrogens (tertiary/aromatic N) is 1. The quantitative estimate of drug-likeness (QED) is 0.435. The molecule has 0 bridgehead atoms. The van der Waals surface area contributed by atoms with E-state index in [9.17, 15) is 14.4 Å². The molecule has 1 saturated carbocycles. The molecule has 0 spiro atoms. The van der Waals surface area contributed by atoms with Crippen LogP contribution in [0, 0.1) is 5.92 Å². The average molecular weight is 291 g/mol. The van der Waals surface area contributed by atoms with Crippen LogP contribution in [-0.2, 0) is 23.9 Å². The SMILES string of the molecule is CC(=O)N1C(=O)/C(=C/OC2C=C(C)C(=O)O2)[C@H]2CCC[C@H]21. The lowest BCUT2D eigenvalue weighted by atomic mass is 9.99. The third-order valence-electron chi connectivity index (χ3n) is 4.28. The molecule has 2 heterocycles. The van der Waals surface area contributed by atoms with Gasteiger partial charge in [0, 0.05) is 30.5 Å². The minimum Gasteiger partial charge on any atom is -0.458 e. The number of hydrogen-bond acceptors (Lipinski definition) is 5. The smallest absolute Gasteiger partial charge is 0.336 e. The van der Waals surface area contributed by atoms with E-state index in [1.54, 1.807) is 13.0 Å². The minimum atomic E-state index is -0.788. The third kappa shape index (κ3) is 2.24. The van der Waals surface area contributed by atoms with Crippen molar-refractivity contribution >= 4 is 17.8 Å². The fourth-order valence-corrected chi connectivity index (χ4v) is 3.29. The topological polar surface area (TPSA) is 72.9 Å². The van der Waals surface area contributed by atoms with Crippen molar-refractivity contribution in [1.29, 1.82) is 0 Å². The normalized spacial score (nSPS) is 33.2. The molecule has 112 valence electrons.